The molecule has 216 valence electrons. The van der Waals surface area contributed by atoms with E-state index in [1.54, 1.807) is 0 Å². The molecule has 0 aliphatic carbocycles. The van der Waals surface area contributed by atoms with E-state index >= 15 is 0 Å². The first-order valence-electron chi connectivity index (χ1n) is 15.4. The van der Waals surface area contributed by atoms with Crippen LogP contribution >= 0.6 is 0 Å². The number of carbonyl (C=O) groups is 2. The molecule has 3 heterocycles. The molecule has 4 aromatic carbocycles. The second-order valence-corrected chi connectivity index (χ2v) is 12.5. The van der Waals surface area contributed by atoms with Crippen LogP contribution in [0.25, 0.3) is 22.2 Å². The Morgan fingerprint density at radius 3 is 2.37 bits per heavy atom. The number of rotatable bonds is 6. The van der Waals surface area contributed by atoms with Crippen LogP contribution in [0.15, 0.2) is 97.1 Å². The average Bonchev–Trinajstić information content (AvgIpc) is 3.54. The van der Waals surface area contributed by atoms with Crippen molar-refractivity contribution in [1.29, 1.82) is 0 Å². The largest absolute Gasteiger partial charge is 0.354 e. The van der Waals surface area contributed by atoms with Crippen molar-refractivity contribution in [2.75, 3.05) is 6.54 Å². The number of hydrogen-bond acceptors (Lipinski definition) is 2. The predicted octanol–water partition coefficient (Wildman–Crippen LogP) is 7.69. The molecular formula is C38H37N3O2. The van der Waals surface area contributed by atoms with Crippen molar-refractivity contribution in [3.05, 3.63) is 130 Å². The lowest BCUT2D eigenvalue weighted by molar-refractivity contribution is -0.138. The number of aryl methyl sites for hydroxylation is 1. The Morgan fingerprint density at radius 1 is 0.884 bits per heavy atom. The van der Waals surface area contributed by atoms with Crippen molar-refractivity contribution in [1.82, 2.24) is 14.8 Å². The first-order valence-corrected chi connectivity index (χ1v) is 15.4. The number of hydrogen-bond donors (Lipinski definition) is 1. The second kappa shape index (κ2) is 10.9. The highest BCUT2D eigenvalue weighted by molar-refractivity contribution is 6.04. The highest BCUT2D eigenvalue weighted by Crippen LogP contribution is 2.47. The van der Waals surface area contributed by atoms with Crippen molar-refractivity contribution in [3.8, 4) is 11.3 Å². The number of benzene rings is 4. The van der Waals surface area contributed by atoms with Crippen molar-refractivity contribution >= 4 is 22.7 Å². The van der Waals surface area contributed by atoms with E-state index in [2.05, 4.69) is 86.4 Å². The van der Waals surface area contributed by atoms with E-state index in [4.69, 9.17) is 0 Å². The lowest BCUT2D eigenvalue weighted by Gasteiger charge is -2.38. The molecule has 2 aliphatic rings. The van der Waals surface area contributed by atoms with E-state index < -0.39 is 12.1 Å². The summed E-state index contributed by atoms with van der Waals surface area (Å²) in [5.41, 5.74) is 9.43. The summed E-state index contributed by atoms with van der Waals surface area (Å²) < 4.78 is 0. The third kappa shape index (κ3) is 4.73. The number of nitrogens with zero attached hydrogens (tertiary/aromatic N) is 2. The summed E-state index contributed by atoms with van der Waals surface area (Å²) in [7, 11) is 0. The Kier molecular flexibility index (Phi) is 6.89. The van der Waals surface area contributed by atoms with Gasteiger partial charge in [0.25, 0.3) is 5.91 Å². The van der Waals surface area contributed by atoms with Gasteiger partial charge in [-0.2, -0.15) is 0 Å². The van der Waals surface area contributed by atoms with E-state index in [1.165, 1.54) is 16.7 Å². The maximum absolute atomic E-state index is 14.6. The van der Waals surface area contributed by atoms with Crippen LogP contribution in [-0.4, -0.2) is 39.2 Å². The van der Waals surface area contributed by atoms with Gasteiger partial charge < -0.3 is 14.8 Å². The molecular weight excluding hydrogens is 530 g/mol. The fourth-order valence-corrected chi connectivity index (χ4v) is 7.02. The fourth-order valence-electron chi connectivity index (χ4n) is 7.02. The Hall–Kier alpha value is -4.64. The summed E-state index contributed by atoms with van der Waals surface area (Å²) in [6.45, 7) is 7.59. The van der Waals surface area contributed by atoms with Gasteiger partial charge in [0.1, 0.15) is 6.04 Å². The summed E-state index contributed by atoms with van der Waals surface area (Å²) in [6.07, 6.45) is 1.42. The molecule has 0 saturated heterocycles. The second-order valence-electron chi connectivity index (χ2n) is 12.5. The van der Waals surface area contributed by atoms with Crippen LogP contribution in [0.2, 0.25) is 0 Å². The number of aromatic amines is 1. The molecule has 1 aromatic heterocycles. The minimum atomic E-state index is -0.588. The minimum absolute atomic E-state index is 0.0334. The van der Waals surface area contributed by atoms with E-state index in [1.807, 2.05) is 46.2 Å². The van der Waals surface area contributed by atoms with Gasteiger partial charge in [0.05, 0.1) is 11.7 Å². The van der Waals surface area contributed by atoms with Crippen LogP contribution in [0.1, 0.15) is 64.5 Å². The fraction of sp³-hybridized carbons (Fsp3) is 0.263. The van der Waals surface area contributed by atoms with Crippen molar-refractivity contribution in [2.24, 2.45) is 5.92 Å². The molecule has 2 aliphatic heterocycles. The normalized spacial score (nSPS) is 16.9. The zero-order valence-electron chi connectivity index (χ0n) is 25.0. The van der Waals surface area contributed by atoms with Crippen LogP contribution in [0.3, 0.4) is 0 Å². The van der Waals surface area contributed by atoms with Gasteiger partial charge in [-0.15, -0.1) is 0 Å². The van der Waals surface area contributed by atoms with Gasteiger partial charge in [-0.25, -0.2) is 0 Å². The van der Waals surface area contributed by atoms with Crippen molar-refractivity contribution in [2.45, 2.75) is 52.2 Å². The number of fused-ring (bicyclic) bond motifs is 3. The molecule has 1 N–H and O–H groups in total. The van der Waals surface area contributed by atoms with Crippen LogP contribution in [0.5, 0.6) is 0 Å². The molecule has 43 heavy (non-hydrogen) atoms. The standard InChI is InChI=1S/C38H37N3O2/c1-24(2)22-33(38(43)40-21-20-26-10-4-5-11-28(26)23-40)41-36(29-12-6-7-13-30(29)37(41)42)34-31-14-8-9-15-32(31)39-35(34)27-18-16-25(3)17-19-27/h4-19,24,33,36,39H,20-23H2,1-3H3. The van der Waals surface area contributed by atoms with Gasteiger partial charge in [0.15, 0.2) is 0 Å². The maximum Gasteiger partial charge on any atom is 0.255 e. The summed E-state index contributed by atoms with van der Waals surface area (Å²) in [5.74, 6) is 0.186. The third-order valence-corrected chi connectivity index (χ3v) is 9.12. The van der Waals surface area contributed by atoms with Crippen LogP contribution in [0, 0.1) is 12.8 Å². The molecule has 5 nitrogen and oxygen atoms in total. The zero-order chi connectivity index (χ0) is 29.7. The van der Waals surface area contributed by atoms with Gasteiger partial charge in [0.2, 0.25) is 5.91 Å². The van der Waals surface area contributed by atoms with E-state index in [9.17, 15) is 9.59 Å². The van der Waals surface area contributed by atoms with Gasteiger partial charge in [-0.05, 0) is 60.1 Å². The summed E-state index contributed by atoms with van der Waals surface area (Å²) in [6, 6.07) is 32.1. The van der Waals surface area contributed by atoms with Crippen molar-refractivity contribution in [3.63, 3.8) is 0 Å². The third-order valence-electron chi connectivity index (χ3n) is 9.12. The zero-order valence-corrected chi connectivity index (χ0v) is 25.0. The molecule has 2 unspecified atom stereocenters. The number of aromatic nitrogens is 1. The Labute approximate surface area is 253 Å². The molecule has 5 heteroatoms. The van der Waals surface area contributed by atoms with Crippen LogP contribution in [-0.2, 0) is 17.8 Å². The first kappa shape index (κ1) is 27.2. The topological polar surface area (TPSA) is 56.4 Å². The lowest BCUT2D eigenvalue weighted by Crippen LogP contribution is -2.51. The van der Waals surface area contributed by atoms with Gasteiger partial charge in [-0.3, -0.25) is 9.59 Å². The van der Waals surface area contributed by atoms with E-state index in [0.717, 1.165) is 39.7 Å². The van der Waals surface area contributed by atoms with Crippen LogP contribution in [0.4, 0.5) is 0 Å². The van der Waals surface area contributed by atoms with E-state index in [0.29, 0.717) is 25.1 Å². The molecule has 2 amide bonds. The smallest absolute Gasteiger partial charge is 0.255 e. The van der Waals surface area contributed by atoms with Gasteiger partial charge >= 0.3 is 0 Å². The Bertz CT molecular complexity index is 1830. The highest BCUT2D eigenvalue weighted by atomic mass is 16.2. The number of carbonyl (C=O) groups excluding carboxylic acids is 2. The summed E-state index contributed by atoms with van der Waals surface area (Å²) in [4.78, 5) is 36.7. The van der Waals surface area contributed by atoms with Crippen LogP contribution < -0.4 is 0 Å². The Morgan fingerprint density at radius 2 is 1.58 bits per heavy atom. The quantitative estimate of drug-likeness (QED) is 0.229. The summed E-state index contributed by atoms with van der Waals surface area (Å²) in [5, 5.41) is 1.07. The molecule has 0 bridgehead atoms. The molecule has 0 radical (unpaired) electrons. The monoisotopic (exact) mass is 567 g/mol. The molecule has 7 rings (SSSR count). The number of amides is 2. The Balaban J connectivity index is 1.40. The van der Waals surface area contributed by atoms with E-state index in [-0.39, 0.29) is 17.7 Å². The molecule has 2 atom stereocenters. The summed E-state index contributed by atoms with van der Waals surface area (Å²) >= 11 is 0. The highest BCUT2D eigenvalue weighted by Gasteiger charge is 2.46. The number of nitrogens with one attached hydrogen (secondary N) is 1. The molecule has 0 saturated carbocycles. The SMILES string of the molecule is Cc1ccc(-c2[nH]c3ccccc3c2C2c3ccccc3C(=O)N2C(CC(C)C)C(=O)N2CCc3ccccc3C2)cc1. The van der Waals surface area contributed by atoms with Crippen molar-refractivity contribution < 1.29 is 9.59 Å². The number of para-hydroxylation sites is 1. The molecule has 5 aromatic rings. The molecule has 0 spiro atoms. The predicted molar refractivity (Wildman–Crippen MR) is 172 cm³/mol. The van der Waals surface area contributed by atoms with Gasteiger partial charge in [0, 0.05) is 35.1 Å². The number of H-pyrrole nitrogens is 1. The van der Waals surface area contributed by atoms with Gasteiger partial charge in [-0.1, -0.05) is 104 Å². The lowest BCUT2D eigenvalue weighted by atomic mass is 9.91. The maximum atomic E-state index is 14.6. The minimum Gasteiger partial charge on any atom is -0.354 e. The molecule has 0 fully saturated rings. The first-order chi connectivity index (χ1) is 20.9. The average molecular weight is 568 g/mol.